The van der Waals surface area contributed by atoms with E-state index in [-0.39, 0.29) is 56.4 Å². The highest BCUT2D eigenvalue weighted by Gasteiger charge is 2.36. The number of nitrogens with one attached hydrogen (secondary N) is 9. The Morgan fingerprint density at radius 3 is 1.80 bits per heavy atom. The predicted octanol–water partition coefficient (Wildman–Crippen LogP) is -3.91. The quantitative estimate of drug-likeness (QED) is 0.0319. The van der Waals surface area contributed by atoms with E-state index in [0.29, 0.717) is 45.2 Å². The van der Waals surface area contributed by atoms with Gasteiger partial charge < -0.3 is 69.3 Å². The molecule has 2 aliphatic rings. The molecule has 0 aromatic rings. The Kier molecular flexibility index (Phi) is 24.6. The lowest BCUT2D eigenvalue weighted by Crippen LogP contribution is -2.57. The second-order valence-corrected chi connectivity index (χ2v) is 17.5. The predicted molar refractivity (Wildman–Crippen MR) is 238 cm³/mol. The van der Waals surface area contributed by atoms with Gasteiger partial charge >= 0.3 is 5.97 Å². The topological polar surface area (TPSA) is 372 Å². The highest BCUT2D eigenvalue weighted by Crippen LogP contribution is 2.18. The van der Waals surface area contributed by atoms with Crippen molar-refractivity contribution in [2.24, 2.45) is 23.3 Å². The van der Waals surface area contributed by atoms with Crippen molar-refractivity contribution >= 4 is 65.0 Å². The minimum atomic E-state index is -1.30. The number of nitrogens with two attached hydrogens (primary N) is 2. The number of hydrogen-bond donors (Lipinski definition) is 12. The van der Waals surface area contributed by atoms with Crippen LogP contribution in [0, 0.1) is 11.8 Å². The van der Waals surface area contributed by atoms with E-state index in [4.69, 9.17) is 11.5 Å². The van der Waals surface area contributed by atoms with Crippen LogP contribution in [0.2, 0.25) is 0 Å². The first-order valence-electron chi connectivity index (χ1n) is 22.7. The largest absolute Gasteiger partial charge is 0.480 e. The lowest BCUT2D eigenvalue weighted by atomic mass is 10.0. The first-order chi connectivity index (χ1) is 31.1. The monoisotopic (exact) mass is 937 g/mol. The normalized spacial score (nSPS) is 17.9. The van der Waals surface area contributed by atoms with Crippen molar-refractivity contribution in [3.8, 4) is 0 Å². The highest BCUT2D eigenvalue weighted by atomic mass is 16.4. The molecule has 24 heteroatoms. The summed E-state index contributed by atoms with van der Waals surface area (Å²) < 4.78 is 0. The number of unbranched alkanes of at least 4 members (excludes halogenated alkanes) is 1. The molecule has 2 heterocycles. The van der Waals surface area contributed by atoms with Gasteiger partial charge in [0, 0.05) is 13.0 Å². The molecule has 66 heavy (non-hydrogen) atoms. The number of likely N-dealkylation sites (tertiary alicyclic amines) is 1. The number of nitrogens with zero attached hydrogens (tertiary/aromatic N) is 1. The molecule has 10 amide bonds. The summed E-state index contributed by atoms with van der Waals surface area (Å²) in [5, 5.41) is 32.6. The van der Waals surface area contributed by atoms with Gasteiger partial charge in [0.05, 0.1) is 25.7 Å². The average Bonchev–Trinajstić information content (AvgIpc) is 3.98. The molecule has 0 spiro atoms. The van der Waals surface area contributed by atoms with E-state index >= 15 is 0 Å². The first-order valence-corrected chi connectivity index (χ1v) is 22.7. The number of amides is 10. The molecule has 0 aromatic carbocycles. The zero-order valence-corrected chi connectivity index (χ0v) is 38.8. The van der Waals surface area contributed by atoms with Crippen LogP contribution in [0.25, 0.3) is 0 Å². The van der Waals surface area contributed by atoms with Gasteiger partial charge in [0.15, 0.2) is 0 Å². The zero-order chi connectivity index (χ0) is 49.5. The molecule has 0 aromatic heterocycles. The molecule has 0 aliphatic carbocycles. The van der Waals surface area contributed by atoms with Crippen molar-refractivity contribution < 1.29 is 57.8 Å². The summed E-state index contributed by atoms with van der Waals surface area (Å²) in [5.74, 6) is -8.26. The fraction of sp³-hybridized carbons (Fsp3) is 0.738. The van der Waals surface area contributed by atoms with Crippen molar-refractivity contribution in [1.29, 1.82) is 0 Å². The molecule has 0 saturated carbocycles. The average molecular weight is 937 g/mol. The summed E-state index contributed by atoms with van der Waals surface area (Å²) in [7, 11) is 0. The summed E-state index contributed by atoms with van der Waals surface area (Å²) in [5.41, 5.74) is 10.8. The standard InChI is InChI=1S/C42H72N12O12/c1-23(2)18-29(53-39(62)27(13-14-32(44)55)50-33(56)20-46-37(60)26-11-8-16-45-26)38(61)47-21-34(57)51-30(19-24(3)4)40(63)49-25(5)36(59)48-22-35(58)54-17-9-12-31(54)41(64)52-28(42(65)66)10-6-7-15-43/h23-31,45H,6-22,43H2,1-5H3,(H2,44,55)(H,46,60)(H,47,61)(H,48,59)(H,49,63)(H,50,56)(H,51,57)(H,52,64)(H,53,62)(H,65,66). The van der Waals surface area contributed by atoms with Crippen LogP contribution in [0.5, 0.6) is 0 Å². The van der Waals surface area contributed by atoms with E-state index in [2.05, 4.69) is 47.9 Å². The maximum absolute atomic E-state index is 13.4. The van der Waals surface area contributed by atoms with E-state index in [1.807, 2.05) is 0 Å². The molecule has 2 rings (SSSR count). The second kappa shape index (κ2) is 28.9. The maximum Gasteiger partial charge on any atom is 0.326 e. The van der Waals surface area contributed by atoms with Gasteiger partial charge in [-0.2, -0.15) is 0 Å². The number of carboxylic acid groups (broad SMARTS) is 1. The van der Waals surface area contributed by atoms with Crippen LogP contribution in [0.1, 0.15) is 105 Å². The van der Waals surface area contributed by atoms with Crippen LogP contribution in [0.15, 0.2) is 0 Å². The summed E-state index contributed by atoms with van der Waals surface area (Å²) in [6, 6.07) is -7.33. The molecular formula is C42H72N12O12. The van der Waals surface area contributed by atoms with Gasteiger partial charge in [-0.15, -0.1) is 0 Å². The molecule has 2 aliphatic heterocycles. The Morgan fingerprint density at radius 1 is 0.636 bits per heavy atom. The molecule has 2 fully saturated rings. The van der Waals surface area contributed by atoms with Crippen LogP contribution < -0.4 is 59.3 Å². The van der Waals surface area contributed by atoms with Crippen LogP contribution in [-0.2, 0) is 52.7 Å². The van der Waals surface area contributed by atoms with Gasteiger partial charge in [0.1, 0.15) is 36.3 Å². The number of rotatable bonds is 29. The van der Waals surface area contributed by atoms with Gasteiger partial charge in [-0.25, -0.2) is 4.79 Å². The Bertz CT molecular complexity index is 1720. The Hall–Kier alpha value is -5.91. The van der Waals surface area contributed by atoms with Crippen LogP contribution in [0.3, 0.4) is 0 Å². The van der Waals surface area contributed by atoms with Gasteiger partial charge in [0.2, 0.25) is 59.1 Å². The van der Waals surface area contributed by atoms with E-state index < -0.39 is 121 Å². The summed E-state index contributed by atoms with van der Waals surface area (Å²) in [4.78, 5) is 142. The van der Waals surface area contributed by atoms with Crippen molar-refractivity contribution in [3.63, 3.8) is 0 Å². The van der Waals surface area contributed by atoms with E-state index in [1.165, 1.54) is 11.8 Å². The number of primary amides is 1. The van der Waals surface area contributed by atoms with Gasteiger partial charge in [-0.05, 0) is 96.1 Å². The van der Waals surface area contributed by atoms with Crippen molar-refractivity contribution in [2.45, 2.75) is 148 Å². The third kappa shape index (κ3) is 20.5. The first kappa shape index (κ1) is 56.2. The van der Waals surface area contributed by atoms with Crippen LogP contribution >= 0.6 is 0 Å². The highest BCUT2D eigenvalue weighted by molar-refractivity contribution is 5.97. The molecule has 7 atom stereocenters. The van der Waals surface area contributed by atoms with Crippen LogP contribution in [0.4, 0.5) is 0 Å². The molecule has 0 bridgehead atoms. The molecular weight excluding hydrogens is 865 g/mol. The summed E-state index contributed by atoms with van der Waals surface area (Å²) in [6.45, 7) is 8.26. The zero-order valence-electron chi connectivity index (χ0n) is 38.8. The van der Waals surface area contributed by atoms with E-state index in [0.717, 1.165) is 6.42 Å². The maximum atomic E-state index is 13.4. The lowest BCUT2D eigenvalue weighted by molar-refractivity contribution is -0.144. The minimum Gasteiger partial charge on any atom is -0.480 e. The fourth-order valence-electron chi connectivity index (χ4n) is 7.37. The molecule has 14 N–H and O–H groups in total. The SMILES string of the molecule is CC(C)CC(NC(=O)CNC(=O)C(CC(C)C)NC(=O)C(CCC(N)=O)NC(=O)CNC(=O)C1CCCN1)C(=O)NC(C)C(=O)NCC(=O)N1CCCC1C(=O)NC(CCCCN)C(=O)O. The van der Waals surface area contributed by atoms with Crippen molar-refractivity contribution in [3.05, 3.63) is 0 Å². The molecule has 24 nitrogen and oxygen atoms in total. The lowest BCUT2D eigenvalue weighted by Gasteiger charge is -2.26. The number of carbonyl (C=O) groups excluding carboxylic acids is 10. The number of hydrogen-bond acceptors (Lipinski definition) is 13. The Balaban J connectivity index is 1.97. The van der Waals surface area contributed by atoms with E-state index in [1.54, 1.807) is 27.7 Å². The van der Waals surface area contributed by atoms with Gasteiger partial charge in [-0.3, -0.25) is 47.9 Å². The Labute approximate surface area is 385 Å². The van der Waals surface area contributed by atoms with Gasteiger partial charge in [-0.1, -0.05) is 27.7 Å². The third-order valence-corrected chi connectivity index (χ3v) is 10.9. The second-order valence-electron chi connectivity index (χ2n) is 17.5. The number of carbonyl (C=O) groups is 11. The van der Waals surface area contributed by atoms with E-state index in [9.17, 15) is 57.8 Å². The molecule has 7 unspecified atom stereocenters. The van der Waals surface area contributed by atoms with Crippen LogP contribution in [-0.4, -0.2) is 157 Å². The molecule has 0 radical (unpaired) electrons. The fourth-order valence-corrected chi connectivity index (χ4v) is 7.37. The molecule has 372 valence electrons. The molecule has 2 saturated heterocycles. The smallest absolute Gasteiger partial charge is 0.326 e. The van der Waals surface area contributed by atoms with Crippen molar-refractivity contribution in [1.82, 2.24) is 52.8 Å². The van der Waals surface area contributed by atoms with Crippen molar-refractivity contribution in [2.75, 3.05) is 39.3 Å². The summed E-state index contributed by atoms with van der Waals surface area (Å²) >= 11 is 0. The Morgan fingerprint density at radius 2 is 1.23 bits per heavy atom. The minimum absolute atomic E-state index is 0.112. The number of carboxylic acids is 1. The summed E-state index contributed by atoms with van der Waals surface area (Å²) in [6.07, 6.45) is 3.24. The third-order valence-electron chi connectivity index (χ3n) is 10.9. The number of aliphatic carboxylic acids is 1. The van der Waals surface area contributed by atoms with Gasteiger partial charge in [0.25, 0.3) is 0 Å².